The number of nitro benzene ring substituents is 1. The fourth-order valence-electron chi connectivity index (χ4n) is 1.61. The van der Waals surface area contributed by atoms with E-state index >= 15 is 0 Å². The lowest BCUT2D eigenvalue weighted by Crippen LogP contribution is -2.31. The third kappa shape index (κ3) is 4.75. The number of ether oxygens (including phenoxy) is 1. The van der Waals surface area contributed by atoms with E-state index in [1.165, 1.54) is 12.1 Å². The summed E-state index contributed by atoms with van der Waals surface area (Å²) in [6.07, 6.45) is 1.24. The van der Waals surface area contributed by atoms with E-state index in [4.69, 9.17) is 39.1 Å². The van der Waals surface area contributed by atoms with Crippen molar-refractivity contribution in [2.24, 2.45) is 11.1 Å². The summed E-state index contributed by atoms with van der Waals surface area (Å²) in [5.74, 6) is 0.179. The molecule has 0 atom stereocenters. The number of nitrogens with zero attached hydrogens (tertiary/aromatic N) is 1. The van der Waals surface area contributed by atoms with E-state index in [2.05, 4.69) is 0 Å². The summed E-state index contributed by atoms with van der Waals surface area (Å²) in [4.78, 5) is 10.4. The highest BCUT2D eigenvalue weighted by Gasteiger charge is 2.22. The van der Waals surface area contributed by atoms with Gasteiger partial charge in [0, 0.05) is 17.5 Å². The number of amidine groups is 1. The molecule has 1 aromatic rings. The fourth-order valence-corrected chi connectivity index (χ4v) is 1.92. The Hall–Kier alpha value is -1.53. The smallest absolute Gasteiger partial charge is 0.312 e. The molecule has 0 fully saturated rings. The lowest BCUT2D eigenvalue weighted by molar-refractivity contribution is -0.385. The normalized spacial score (nSPS) is 11.2. The zero-order valence-electron chi connectivity index (χ0n) is 11.8. The minimum Gasteiger partial charge on any atom is -0.487 e. The van der Waals surface area contributed by atoms with Crippen molar-refractivity contribution in [3.63, 3.8) is 0 Å². The van der Waals surface area contributed by atoms with Crippen LogP contribution >= 0.6 is 23.2 Å². The second-order valence-corrected chi connectivity index (χ2v) is 6.06. The molecule has 0 saturated carbocycles. The van der Waals surface area contributed by atoms with E-state index in [1.807, 2.05) is 13.8 Å². The number of benzene rings is 1. The maximum absolute atomic E-state index is 10.9. The Kier molecular flexibility index (Phi) is 5.80. The number of nitrogens with one attached hydrogen (secondary N) is 1. The highest BCUT2D eigenvalue weighted by molar-refractivity contribution is 6.42. The first kappa shape index (κ1) is 17.5. The van der Waals surface area contributed by atoms with Gasteiger partial charge in [0.15, 0.2) is 5.75 Å². The van der Waals surface area contributed by atoms with E-state index in [-0.39, 0.29) is 33.9 Å². The van der Waals surface area contributed by atoms with Crippen LogP contribution < -0.4 is 10.5 Å². The van der Waals surface area contributed by atoms with Crippen LogP contribution in [0.5, 0.6) is 5.75 Å². The molecule has 0 radical (unpaired) electrons. The molecule has 8 heteroatoms. The first-order valence-electron chi connectivity index (χ1n) is 6.26. The van der Waals surface area contributed by atoms with Crippen molar-refractivity contribution in [1.82, 2.24) is 0 Å². The summed E-state index contributed by atoms with van der Waals surface area (Å²) in [6.45, 7) is 3.98. The van der Waals surface area contributed by atoms with Crippen molar-refractivity contribution in [2.75, 3.05) is 6.61 Å². The average Bonchev–Trinajstić information content (AvgIpc) is 2.37. The number of halogens is 2. The van der Waals surface area contributed by atoms with Gasteiger partial charge >= 0.3 is 5.69 Å². The quantitative estimate of drug-likeness (QED) is 0.258. The number of nitro groups is 1. The fraction of sp³-hybridized carbons (Fsp3) is 0.462. The summed E-state index contributed by atoms with van der Waals surface area (Å²) < 4.78 is 5.41. The van der Waals surface area contributed by atoms with E-state index in [0.29, 0.717) is 12.8 Å². The Balaban J connectivity index is 2.70. The third-order valence-corrected chi connectivity index (χ3v) is 3.85. The monoisotopic (exact) mass is 333 g/mol. The summed E-state index contributed by atoms with van der Waals surface area (Å²) >= 11 is 11.6. The van der Waals surface area contributed by atoms with Crippen LogP contribution in [0.1, 0.15) is 26.7 Å². The van der Waals surface area contributed by atoms with Crippen LogP contribution in [-0.2, 0) is 0 Å². The molecule has 3 N–H and O–H groups in total. The Morgan fingerprint density at radius 3 is 2.52 bits per heavy atom. The molecule has 0 aliphatic heterocycles. The molecule has 0 aromatic heterocycles. The van der Waals surface area contributed by atoms with Crippen LogP contribution in [-0.4, -0.2) is 17.4 Å². The summed E-state index contributed by atoms with van der Waals surface area (Å²) in [5, 5.41) is 18.7. The van der Waals surface area contributed by atoms with Crippen LogP contribution in [0.25, 0.3) is 0 Å². The SMILES string of the molecule is CC(C)(CCCOc1cc(Cl)c(Cl)cc1[N+](=O)[O-])C(=N)N. The molecule has 1 aromatic carbocycles. The third-order valence-electron chi connectivity index (χ3n) is 3.13. The molecule has 0 aliphatic carbocycles. The van der Waals surface area contributed by atoms with Crippen molar-refractivity contribution in [2.45, 2.75) is 26.7 Å². The maximum Gasteiger partial charge on any atom is 0.312 e. The molecule has 0 saturated heterocycles. The molecule has 116 valence electrons. The minimum atomic E-state index is -0.572. The predicted molar refractivity (Wildman–Crippen MR) is 83.5 cm³/mol. The molecule has 0 spiro atoms. The van der Waals surface area contributed by atoms with E-state index in [1.54, 1.807) is 0 Å². The highest BCUT2D eigenvalue weighted by atomic mass is 35.5. The first-order chi connectivity index (χ1) is 9.65. The summed E-state index contributed by atoms with van der Waals surface area (Å²) in [7, 11) is 0. The van der Waals surface area contributed by atoms with Gasteiger partial charge in [0.05, 0.1) is 27.4 Å². The lowest BCUT2D eigenvalue weighted by Gasteiger charge is -2.22. The van der Waals surface area contributed by atoms with Gasteiger partial charge in [-0.25, -0.2) is 0 Å². The molecular formula is C13H17Cl2N3O3. The van der Waals surface area contributed by atoms with Crippen molar-refractivity contribution in [1.29, 1.82) is 5.41 Å². The molecule has 0 bridgehead atoms. The van der Waals surface area contributed by atoms with Crippen LogP contribution in [0.15, 0.2) is 12.1 Å². The molecule has 0 aliphatic rings. The van der Waals surface area contributed by atoms with Gasteiger partial charge in [-0.05, 0) is 12.8 Å². The highest BCUT2D eigenvalue weighted by Crippen LogP contribution is 2.35. The average molecular weight is 334 g/mol. The van der Waals surface area contributed by atoms with Gasteiger partial charge in [-0.1, -0.05) is 37.0 Å². The molecular weight excluding hydrogens is 317 g/mol. The first-order valence-corrected chi connectivity index (χ1v) is 7.01. The van der Waals surface area contributed by atoms with Gasteiger partial charge < -0.3 is 10.5 Å². The van der Waals surface area contributed by atoms with Crippen LogP contribution in [0.2, 0.25) is 10.0 Å². The standard InChI is InChI=1S/C13H17Cl2N3O3/c1-13(2,12(16)17)4-3-5-21-11-7-9(15)8(14)6-10(11)18(19)20/h6-7H,3-5H2,1-2H3,(H3,16,17). The van der Waals surface area contributed by atoms with Crippen molar-refractivity contribution >= 4 is 34.7 Å². The van der Waals surface area contributed by atoms with Gasteiger partial charge in [-0.3, -0.25) is 15.5 Å². The molecule has 21 heavy (non-hydrogen) atoms. The Morgan fingerprint density at radius 1 is 1.43 bits per heavy atom. The van der Waals surface area contributed by atoms with Crippen molar-refractivity contribution < 1.29 is 9.66 Å². The van der Waals surface area contributed by atoms with Crippen LogP contribution in [0.3, 0.4) is 0 Å². The molecule has 0 heterocycles. The number of nitrogens with two attached hydrogens (primary N) is 1. The van der Waals surface area contributed by atoms with Gasteiger partial charge in [-0.2, -0.15) is 0 Å². The molecule has 0 amide bonds. The summed E-state index contributed by atoms with van der Waals surface area (Å²) in [6, 6.07) is 2.50. The second-order valence-electron chi connectivity index (χ2n) is 5.24. The topological polar surface area (TPSA) is 102 Å². The van der Waals surface area contributed by atoms with Crippen LogP contribution in [0.4, 0.5) is 5.69 Å². The lowest BCUT2D eigenvalue weighted by atomic mass is 9.87. The Morgan fingerprint density at radius 2 is 2.00 bits per heavy atom. The zero-order valence-corrected chi connectivity index (χ0v) is 13.3. The van der Waals surface area contributed by atoms with Crippen LogP contribution in [0, 0.1) is 20.9 Å². The second kappa shape index (κ2) is 6.95. The Bertz CT molecular complexity index is 562. The van der Waals surface area contributed by atoms with E-state index in [9.17, 15) is 10.1 Å². The van der Waals surface area contributed by atoms with Gasteiger partial charge in [0.1, 0.15) is 0 Å². The molecule has 0 unspecified atom stereocenters. The van der Waals surface area contributed by atoms with Gasteiger partial charge in [0.25, 0.3) is 0 Å². The largest absolute Gasteiger partial charge is 0.487 e. The number of hydrogen-bond donors (Lipinski definition) is 2. The maximum atomic E-state index is 10.9. The van der Waals surface area contributed by atoms with Gasteiger partial charge in [-0.15, -0.1) is 0 Å². The summed E-state index contributed by atoms with van der Waals surface area (Å²) in [5.41, 5.74) is 4.83. The van der Waals surface area contributed by atoms with E-state index < -0.39 is 10.3 Å². The minimum absolute atomic E-state index is 0.0787. The predicted octanol–water partition coefficient (Wildman–Crippen LogP) is 4.02. The molecule has 6 nitrogen and oxygen atoms in total. The zero-order chi connectivity index (χ0) is 16.2. The number of hydrogen-bond acceptors (Lipinski definition) is 4. The molecule has 1 rings (SSSR count). The van der Waals surface area contributed by atoms with Gasteiger partial charge in [0.2, 0.25) is 0 Å². The van der Waals surface area contributed by atoms with Crippen molar-refractivity contribution in [3.8, 4) is 5.75 Å². The van der Waals surface area contributed by atoms with E-state index in [0.717, 1.165) is 0 Å². The Labute approximate surface area is 132 Å². The van der Waals surface area contributed by atoms with Crippen molar-refractivity contribution in [3.05, 3.63) is 32.3 Å². The number of rotatable bonds is 7.